The highest BCUT2D eigenvalue weighted by Crippen LogP contribution is 2.25. The van der Waals surface area contributed by atoms with Crippen LogP contribution in [-0.2, 0) is 22.4 Å². The van der Waals surface area contributed by atoms with Gasteiger partial charge in [-0.05, 0) is 73.6 Å². The molecule has 0 spiro atoms. The van der Waals surface area contributed by atoms with Crippen LogP contribution in [0.15, 0.2) is 42.5 Å². The number of carbonyl (C=O) groups excluding carboxylic acids is 1. The Bertz CT molecular complexity index is 828. The molecule has 0 amide bonds. The number of carbonyl (C=O) groups is 1. The summed E-state index contributed by atoms with van der Waals surface area (Å²) in [5.41, 5.74) is 4.39. The maximum atomic E-state index is 11.6. The van der Waals surface area contributed by atoms with Crippen molar-refractivity contribution in [2.75, 3.05) is 25.0 Å². The first-order valence-electron chi connectivity index (χ1n) is 10.2. The summed E-state index contributed by atoms with van der Waals surface area (Å²) in [6.45, 7) is 2.84. The summed E-state index contributed by atoms with van der Waals surface area (Å²) in [4.78, 5) is 11.6. The van der Waals surface area contributed by atoms with Gasteiger partial charge in [-0.1, -0.05) is 29.8 Å². The van der Waals surface area contributed by atoms with Crippen molar-refractivity contribution >= 4 is 23.3 Å². The van der Waals surface area contributed by atoms with Gasteiger partial charge in [0.2, 0.25) is 0 Å². The maximum absolute atomic E-state index is 11.6. The number of benzene rings is 2. The Morgan fingerprint density at radius 3 is 2.93 bits per heavy atom. The average Bonchev–Trinajstić information content (AvgIpc) is 2.92. The molecule has 5 nitrogen and oxygen atoms in total. The van der Waals surface area contributed by atoms with Crippen LogP contribution in [0.3, 0.4) is 0 Å². The SMILES string of the molecule is CCOC(=O)CNc1ccc2c(c1)CC(NCC(O)c1cccc(Cl)c1)CCC2. The molecule has 2 aromatic carbocycles. The number of nitrogens with one attached hydrogen (secondary N) is 2. The minimum atomic E-state index is -0.589. The van der Waals surface area contributed by atoms with Crippen LogP contribution in [0.5, 0.6) is 0 Å². The molecule has 156 valence electrons. The smallest absolute Gasteiger partial charge is 0.325 e. The monoisotopic (exact) mass is 416 g/mol. The zero-order valence-electron chi connectivity index (χ0n) is 16.8. The molecule has 3 rings (SSSR count). The van der Waals surface area contributed by atoms with E-state index in [2.05, 4.69) is 22.8 Å². The van der Waals surface area contributed by atoms with Gasteiger partial charge in [-0.15, -0.1) is 0 Å². The Labute approximate surface area is 177 Å². The van der Waals surface area contributed by atoms with E-state index in [0.717, 1.165) is 36.9 Å². The van der Waals surface area contributed by atoms with Gasteiger partial charge in [-0.2, -0.15) is 0 Å². The van der Waals surface area contributed by atoms with E-state index in [1.807, 2.05) is 18.2 Å². The van der Waals surface area contributed by atoms with Gasteiger partial charge in [0.15, 0.2) is 0 Å². The molecule has 1 aliphatic rings. The van der Waals surface area contributed by atoms with Crippen LogP contribution in [0.1, 0.15) is 42.6 Å². The number of anilines is 1. The first kappa shape index (κ1) is 21.6. The molecular formula is C23H29ClN2O3. The van der Waals surface area contributed by atoms with Crippen molar-refractivity contribution in [3.8, 4) is 0 Å². The lowest BCUT2D eigenvalue weighted by molar-refractivity contribution is -0.140. The van der Waals surface area contributed by atoms with Crippen molar-refractivity contribution in [2.24, 2.45) is 0 Å². The summed E-state index contributed by atoms with van der Waals surface area (Å²) >= 11 is 6.03. The van der Waals surface area contributed by atoms with E-state index in [9.17, 15) is 9.90 Å². The van der Waals surface area contributed by atoms with Gasteiger partial charge in [0.1, 0.15) is 6.54 Å². The number of aliphatic hydroxyl groups is 1. The number of hydrogen-bond acceptors (Lipinski definition) is 5. The van der Waals surface area contributed by atoms with Gasteiger partial charge in [0, 0.05) is 23.3 Å². The van der Waals surface area contributed by atoms with Crippen LogP contribution in [0.4, 0.5) is 5.69 Å². The van der Waals surface area contributed by atoms with E-state index in [1.54, 1.807) is 19.1 Å². The summed E-state index contributed by atoms with van der Waals surface area (Å²) in [5, 5.41) is 17.8. The molecule has 0 fully saturated rings. The zero-order chi connectivity index (χ0) is 20.6. The summed E-state index contributed by atoms with van der Waals surface area (Å²) < 4.78 is 4.97. The fourth-order valence-corrected chi connectivity index (χ4v) is 3.95. The number of hydrogen-bond donors (Lipinski definition) is 3. The summed E-state index contributed by atoms with van der Waals surface area (Å²) in [7, 11) is 0. The lowest BCUT2D eigenvalue weighted by Gasteiger charge is -2.20. The fourth-order valence-electron chi connectivity index (χ4n) is 3.75. The van der Waals surface area contributed by atoms with E-state index >= 15 is 0 Å². The third-order valence-corrected chi connectivity index (χ3v) is 5.48. The van der Waals surface area contributed by atoms with E-state index in [4.69, 9.17) is 16.3 Å². The molecule has 2 unspecified atom stereocenters. The number of halogens is 1. The fraction of sp³-hybridized carbons (Fsp3) is 0.435. The Morgan fingerprint density at radius 1 is 1.28 bits per heavy atom. The first-order valence-corrected chi connectivity index (χ1v) is 10.6. The largest absolute Gasteiger partial charge is 0.465 e. The van der Waals surface area contributed by atoms with Gasteiger partial charge in [-0.3, -0.25) is 4.79 Å². The van der Waals surface area contributed by atoms with Crippen molar-refractivity contribution in [2.45, 2.75) is 44.8 Å². The second-order valence-electron chi connectivity index (χ2n) is 7.41. The summed E-state index contributed by atoms with van der Waals surface area (Å²) in [5.74, 6) is -0.253. The van der Waals surface area contributed by atoms with Crippen LogP contribution in [-0.4, -0.2) is 36.8 Å². The molecule has 0 aromatic heterocycles. The van der Waals surface area contributed by atoms with Gasteiger partial charge in [0.25, 0.3) is 0 Å². The van der Waals surface area contributed by atoms with Crippen molar-refractivity contribution in [3.05, 3.63) is 64.2 Å². The molecule has 0 heterocycles. The Balaban J connectivity index is 1.58. The summed E-state index contributed by atoms with van der Waals surface area (Å²) in [6.07, 6.45) is 3.51. The van der Waals surface area contributed by atoms with Gasteiger partial charge < -0.3 is 20.5 Å². The zero-order valence-corrected chi connectivity index (χ0v) is 17.5. The quantitative estimate of drug-likeness (QED) is 0.450. The molecule has 6 heteroatoms. The Kier molecular flexibility index (Phi) is 7.92. The third-order valence-electron chi connectivity index (χ3n) is 5.25. The lowest BCUT2D eigenvalue weighted by atomic mass is 10.0. The number of aliphatic hydroxyl groups excluding tert-OH is 1. The molecule has 0 saturated carbocycles. The topological polar surface area (TPSA) is 70.6 Å². The number of rotatable bonds is 8. The number of fused-ring (bicyclic) bond motifs is 1. The minimum Gasteiger partial charge on any atom is -0.465 e. The second-order valence-corrected chi connectivity index (χ2v) is 7.85. The second kappa shape index (κ2) is 10.6. The first-order chi connectivity index (χ1) is 14.0. The van der Waals surface area contributed by atoms with Crippen molar-refractivity contribution in [3.63, 3.8) is 0 Å². The number of ether oxygens (including phenoxy) is 1. The molecule has 0 saturated heterocycles. The van der Waals surface area contributed by atoms with Crippen LogP contribution in [0, 0.1) is 0 Å². The van der Waals surface area contributed by atoms with Gasteiger partial charge >= 0.3 is 5.97 Å². The molecule has 0 radical (unpaired) electrons. The minimum absolute atomic E-state index is 0.167. The lowest BCUT2D eigenvalue weighted by Crippen LogP contribution is -2.34. The van der Waals surface area contributed by atoms with E-state index in [1.165, 1.54) is 11.1 Å². The molecule has 0 aliphatic heterocycles. The Morgan fingerprint density at radius 2 is 2.14 bits per heavy atom. The molecule has 2 atom stereocenters. The van der Waals surface area contributed by atoms with Crippen LogP contribution < -0.4 is 10.6 Å². The normalized spacial score (nSPS) is 17.1. The molecule has 3 N–H and O–H groups in total. The van der Waals surface area contributed by atoms with Crippen LogP contribution in [0.25, 0.3) is 0 Å². The highest BCUT2D eigenvalue weighted by molar-refractivity contribution is 6.30. The number of aryl methyl sites for hydroxylation is 1. The van der Waals surface area contributed by atoms with E-state index in [-0.39, 0.29) is 12.5 Å². The average molecular weight is 417 g/mol. The molecule has 0 bridgehead atoms. The molecule has 1 aliphatic carbocycles. The van der Waals surface area contributed by atoms with E-state index in [0.29, 0.717) is 24.2 Å². The highest BCUT2D eigenvalue weighted by atomic mass is 35.5. The molecule has 29 heavy (non-hydrogen) atoms. The van der Waals surface area contributed by atoms with Gasteiger partial charge in [0.05, 0.1) is 12.7 Å². The van der Waals surface area contributed by atoms with E-state index < -0.39 is 6.10 Å². The van der Waals surface area contributed by atoms with Crippen LogP contribution >= 0.6 is 11.6 Å². The van der Waals surface area contributed by atoms with Crippen molar-refractivity contribution < 1.29 is 14.6 Å². The Hall–Kier alpha value is -2.08. The molecule has 2 aromatic rings. The van der Waals surface area contributed by atoms with Crippen LogP contribution in [0.2, 0.25) is 5.02 Å². The van der Waals surface area contributed by atoms with Gasteiger partial charge in [-0.25, -0.2) is 0 Å². The summed E-state index contributed by atoms with van der Waals surface area (Å²) in [6, 6.07) is 13.9. The van der Waals surface area contributed by atoms with Crippen molar-refractivity contribution in [1.82, 2.24) is 5.32 Å². The number of esters is 1. The third kappa shape index (κ3) is 6.46. The van der Waals surface area contributed by atoms with Crippen molar-refractivity contribution in [1.29, 1.82) is 0 Å². The maximum Gasteiger partial charge on any atom is 0.325 e. The molecular weight excluding hydrogens is 388 g/mol. The standard InChI is InChI=1S/C23H29ClN2O3/c1-2-29-23(28)15-26-21-10-9-16-5-4-8-20(12-18(16)13-21)25-14-22(27)17-6-3-7-19(24)11-17/h3,6-7,9-11,13,20,22,25-27H,2,4-5,8,12,14-15H2,1H3. The highest BCUT2D eigenvalue weighted by Gasteiger charge is 2.18. The predicted molar refractivity (Wildman–Crippen MR) is 116 cm³/mol. The predicted octanol–water partition coefficient (Wildman–Crippen LogP) is 3.89.